The van der Waals surface area contributed by atoms with Gasteiger partial charge in [-0.15, -0.1) is 5.10 Å². The molecule has 5 nitrogen and oxygen atoms in total. The summed E-state index contributed by atoms with van der Waals surface area (Å²) in [5, 5.41) is 7.54. The number of hydrogen-bond donors (Lipinski definition) is 1. The molecule has 1 unspecified atom stereocenters. The summed E-state index contributed by atoms with van der Waals surface area (Å²) in [5.41, 5.74) is 6.62. The van der Waals surface area contributed by atoms with Crippen LogP contribution in [0.4, 0.5) is 8.78 Å². The van der Waals surface area contributed by atoms with Crippen LogP contribution < -0.4 is 5.73 Å². The van der Waals surface area contributed by atoms with Crippen LogP contribution in [0.15, 0.2) is 0 Å². The fourth-order valence-electron chi connectivity index (χ4n) is 1.49. The van der Waals surface area contributed by atoms with E-state index in [4.69, 9.17) is 10.5 Å². The van der Waals surface area contributed by atoms with Crippen molar-refractivity contribution in [2.24, 2.45) is 5.73 Å². The third kappa shape index (κ3) is 2.96. The highest BCUT2D eigenvalue weighted by molar-refractivity contribution is 5.13. The first kappa shape index (κ1) is 13.0. The van der Waals surface area contributed by atoms with Crippen LogP contribution in [0.5, 0.6) is 0 Å². The first-order valence-electron chi connectivity index (χ1n) is 5.03. The van der Waals surface area contributed by atoms with Crippen LogP contribution in [0.3, 0.4) is 0 Å². The lowest BCUT2D eigenvalue weighted by atomic mass is 10.2. The Labute approximate surface area is 92.6 Å². The Kier molecular flexibility index (Phi) is 4.75. The summed E-state index contributed by atoms with van der Waals surface area (Å²) < 4.78 is 30.9. The fraction of sp³-hybridized carbons (Fsp3) is 0.778. The largest absolute Gasteiger partial charge is 0.375 e. The lowest BCUT2D eigenvalue weighted by molar-refractivity contribution is 0.0934. The first-order chi connectivity index (χ1) is 7.60. The number of alkyl halides is 2. The highest BCUT2D eigenvalue weighted by atomic mass is 19.3. The molecular formula is C9H16F2N4O. The molecule has 1 heterocycles. The van der Waals surface area contributed by atoms with Crippen molar-refractivity contribution in [1.82, 2.24) is 15.0 Å². The third-order valence-corrected chi connectivity index (χ3v) is 2.28. The van der Waals surface area contributed by atoms with Gasteiger partial charge in [0.05, 0.1) is 17.5 Å². The maximum absolute atomic E-state index is 12.3. The third-order valence-electron chi connectivity index (χ3n) is 2.28. The summed E-state index contributed by atoms with van der Waals surface area (Å²) in [4.78, 5) is 0. The van der Waals surface area contributed by atoms with E-state index in [0.717, 1.165) is 0 Å². The molecule has 1 rings (SSSR count). The average Bonchev–Trinajstić information content (AvgIpc) is 2.60. The maximum atomic E-state index is 12.3. The van der Waals surface area contributed by atoms with Gasteiger partial charge in [-0.25, -0.2) is 13.5 Å². The zero-order chi connectivity index (χ0) is 12.1. The molecule has 0 amide bonds. The molecule has 0 saturated heterocycles. The Balaban J connectivity index is 2.98. The molecule has 2 N–H and O–H groups in total. The molecule has 0 aliphatic heterocycles. The van der Waals surface area contributed by atoms with E-state index in [2.05, 4.69) is 10.3 Å². The molecular weight excluding hydrogens is 218 g/mol. The number of halogens is 2. The SMILES string of the molecule is COC(C)c1c(CCN)nnn1CC(F)F. The van der Waals surface area contributed by atoms with Gasteiger partial charge in [-0.3, -0.25) is 0 Å². The lowest BCUT2D eigenvalue weighted by Gasteiger charge is -2.13. The van der Waals surface area contributed by atoms with E-state index in [1.54, 1.807) is 6.92 Å². The van der Waals surface area contributed by atoms with Crippen molar-refractivity contribution in [2.45, 2.75) is 32.4 Å². The topological polar surface area (TPSA) is 66.0 Å². The second-order valence-corrected chi connectivity index (χ2v) is 3.41. The van der Waals surface area contributed by atoms with Gasteiger partial charge in [0.25, 0.3) is 6.43 Å². The number of ether oxygens (including phenoxy) is 1. The standard InChI is InChI=1S/C9H16F2N4O/c1-6(16-2)9-7(3-4-12)13-14-15(9)5-8(10)11/h6,8H,3-5,12H2,1-2H3. The van der Waals surface area contributed by atoms with E-state index >= 15 is 0 Å². The lowest BCUT2D eigenvalue weighted by Crippen LogP contribution is -2.15. The van der Waals surface area contributed by atoms with Crippen LogP contribution in [-0.2, 0) is 17.7 Å². The van der Waals surface area contributed by atoms with Crippen molar-refractivity contribution in [1.29, 1.82) is 0 Å². The predicted molar refractivity (Wildman–Crippen MR) is 54.2 cm³/mol. The highest BCUT2D eigenvalue weighted by Crippen LogP contribution is 2.19. The molecule has 0 aliphatic rings. The maximum Gasteiger partial charge on any atom is 0.257 e. The molecule has 7 heteroatoms. The summed E-state index contributed by atoms with van der Waals surface area (Å²) in [6.07, 6.45) is -2.28. The monoisotopic (exact) mass is 234 g/mol. The van der Waals surface area contributed by atoms with Crippen molar-refractivity contribution in [2.75, 3.05) is 13.7 Å². The molecule has 0 bridgehead atoms. The van der Waals surface area contributed by atoms with Gasteiger partial charge in [0.2, 0.25) is 0 Å². The summed E-state index contributed by atoms with van der Waals surface area (Å²) in [6, 6.07) is 0. The van der Waals surface area contributed by atoms with Crippen molar-refractivity contribution in [3.8, 4) is 0 Å². The normalized spacial score (nSPS) is 13.4. The molecule has 1 aromatic rings. The Hall–Kier alpha value is -1.08. The molecule has 0 fully saturated rings. The minimum absolute atomic E-state index is 0.324. The Morgan fingerprint density at radius 2 is 2.19 bits per heavy atom. The van der Waals surface area contributed by atoms with Crippen LogP contribution in [0.2, 0.25) is 0 Å². The fourth-order valence-corrected chi connectivity index (χ4v) is 1.49. The number of methoxy groups -OCH3 is 1. The number of aromatic nitrogens is 3. The summed E-state index contributed by atoms with van der Waals surface area (Å²) in [6.45, 7) is 1.69. The van der Waals surface area contributed by atoms with E-state index in [1.165, 1.54) is 11.8 Å². The molecule has 0 aromatic carbocycles. The van der Waals surface area contributed by atoms with E-state index in [9.17, 15) is 8.78 Å². The molecule has 0 radical (unpaired) electrons. The van der Waals surface area contributed by atoms with Gasteiger partial charge in [0, 0.05) is 13.5 Å². The van der Waals surface area contributed by atoms with Crippen molar-refractivity contribution in [3.63, 3.8) is 0 Å². The molecule has 0 aliphatic carbocycles. The molecule has 0 spiro atoms. The van der Waals surface area contributed by atoms with Crippen LogP contribution >= 0.6 is 0 Å². The average molecular weight is 234 g/mol. The first-order valence-corrected chi connectivity index (χ1v) is 5.03. The minimum atomic E-state index is -2.46. The quantitative estimate of drug-likeness (QED) is 0.788. The number of rotatable bonds is 6. The highest BCUT2D eigenvalue weighted by Gasteiger charge is 2.20. The minimum Gasteiger partial charge on any atom is -0.375 e. The van der Waals surface area contributed by atoms with Gasteiger partial charge < -0.3 is 10.5 Å². The summed E-state index contributed by atoms with van der Waals surface area (Å²) >= 11 is 0. The van der Waals surface area contributed by atoms with E-state index in [1.807, 2.05) is 0 Å². The second-order valence-electron chi connectivity index (χ2n) is 3.41. The van der Waals surface area contributed by atoms with Gasteiger partial charge in [-0.1, -0.05) is 5.21 Å². The summed E-state index contributed by atoms with van der Waals surface area (Å²) in [5.74, 6) is 0. The molecule has 1 aromatic heterocycles. The van der Waals surface area contributed by atoms with E-state index in [-0.39, 0.29) is 6.10 Å². The molecule has 92 valence electrons. The Bertz CT molecular complexity index is 329. The number of hydrogen-bond acceptors (Lipinski definition) is 4. The van der Waals surface area contributed by atoms with E-state index in [0.29, 0.717) is 24.4 Å². The van der Waals surface area contributed by atoms with Crippen LogP contribution in [-0.4, -0.2) is 35.1 Å². The van der Waals surface area contributed by atoms with E-state index < -0.39 is 13.0 Å². The van der Waals surface area contributed by atoms with Gasteiger partial charge in [-0.05, 0) is 13.5 Å². The Morgan fingerprint density at radius 3 is 2.69 bits per heavy atom. The van der Waals surface area contributed by atoms with Gasteiger partial charge in [0.1, 0.15) is 6.54 Å². The van der Waals surface area contributed by atoms with Crippen LogP contribution in [0.1, 0.15) is 24.4 Å². The zero-order valence-corrected chi connectivity index (χ0v) is 9.36. The molecule has 16 heavy (non-hydrogen) atoms. The number of nitrogens with two attached hydrogens (primary N) is 1. The van der Waals surface area contributed by atoms with Crippen LogP contribution in [0.25, 0.3) is 0 Å². The zero-order valence-electron chi connectivity index (χ0n) is 9.36. The van der Waals surface area contributed by atoms with Crippen molar-refractivity contribution >= 4 is 0 Å². The number of nitrogens with zero attached hydrogens (tertiary/aromatic N) is 3. The second kappa shape index (κ2) is 5.86. The van der Waals surface area contributed by atoms with Crippen molar-refractivity contribution < 1.29 is 13.5 Å². The van der Waals surface area contributed by atoms with Gasteiger partial charge in [-0.2, -0.15) is 0 Å². The van der Waals surface area contributed by atoms with Crippen molar-refractivity contribution in [3.05, 3.63) is 11.4 Å². The smallest absolute Gasteiger partial charge is 0.257 e. The summed E-state index contributed by atoms with van der Waals surface area (Å²) in [7, 11) is 1.51. The van der Waals surface area contributed by atoms with Gasteiger partial charge in [0.15, 0.2) is 0 Å². The molecule has 1 atom stereocenters. The molecule has 0 saturated carbocycles. The van der Waals surface area contributed by atoms with Gasteiger partial charge >= 0.3 is 0 Å². The predicted octanol–water partition coefficient (Wildman–Crippen LogP) is 0.752. The Morgan fingerprint density at radius 1 is 1.50 bits per heavy atom. The van der Waals surface area contributed by atoms with Crippen LogP contribution in [0, 0.1) is 0 Å².